The predicted octanol–water partition coefficient (Wildman–Crippen LogP) is 4.18. The molecule has 0 aliphatic carbocycles. The number of nitrogens with zero attached hydrogens (tertiary/aromatic N) is 2. The van der Waals surface area contributed by atoms with Crippen LogP contribution in [-0.2, 0) is 0 Å². The monoisotopic (exact) mass is 430 g/mol. The molecule has 166 valence electrons. The lowest BCUT2D eigenvalue weighted by molar-refractivity contribution is 0.102. The van der Waals surface area contributed by atoms with E-state index in [1.54, 1.807) is 24.3 Å². The lowest BCUT2D eigenvalue weighted by atomic mass is 10.1. The molecule has 6 heteroatoms. The van der Waals surface area contributed by atoms with Crippen molar-refractivity contribution >= 4 is 23.0 Å². The fourth-order valence-electron chi connectivity index (χ4n) is 3.95. The number of anilines is 3. The summed E-state index contributed by atoms with van der Waals surface area (Å²) < 4.78 is 0. The van der Waals surface area contributed by atoms with Crippen molar-refractivity contribution in [2.45, 2.75) is 18.7 Å². The molecule has 1 heterocycles. The Hall–Kier alpha value is -3.35. The van der Waals surface area contributed by atoms with E-state index >= 15 is 0 Å². The van der Waals surface area contributed by atoms with E-state index in [0.29, 0.717) is 17.2 Å². The Bertz CT molecular complexity index is 1020. The van der Waals surface area contributed by atoms with Crippen molar-refractivity contribution in [3.8, 4) is 0 Å². The number of benzene rings is 3. The number of hydrogen-bond donors (Lipinski definition) is 3. The van der Waals surface area contributed by atoms with Crippen molar-refractivity contribution < 1.29 is 9.90 Å². The molecule has 1 saturated heterocycles. The first-order valence-corrected chi connectivity index (χ1v) is 10.9. The first-order valence-electron chi connectivity index (χ1n) is 10.9. The molecule has 1 amide bonds. The van der Waals surface area contributed by atoms with Gasteiger partial charge in [0, 0.05) is 47.3 Å². The summed E-state index contributed by atoms with van der Waals surface area (Å²) in [6, 6.07) is 25.0. The van der Waals surface area contributed by atoms with Crippen LogP contribution in [-0.4, -0.2) is 49.1 Å². The highest BCUT2D eigenvalue weighted by atomic mass is 16.3. The summed E-state index contributed by atoms with van der Waals surface area (Å²) in [7, 11) is 4.26. The summed E-state index contributed by atoms with van der Waals surface area (Å²) >= 11 is 0. The SMILES string of the molecule is CN(C)C1CCN(c2ccc(NC(O)c3ccc(C(=O)Nc4ccccc4)cc3)cc2)C1. The molecular formula is C26H30N4O2. The van der Waals surface area contributed by atoms with E-state index in [-0.39, 0.29) is 5.91 Å². The van der Waals surface area contributed by atoms with Gasteiger partial charge in [-0.2, -0.15) is 0 Å². The minimum Gasteiger partial charge on any atom is -0.370 e. The van der Waals surface area contributed by atoms with Crippen LogP contribution in [0.5, 0.6) is 0 Å². The van der Waals surface area contributed by atoms with Gasteiger partial charge in [-0.15, -0.1) is 0 Å². The van der Waals surface area contributed by atoms with Crippen molar-refractivity contribution in [1.29, 1.82) is 0 Å². The minimum atomic E-state index is -0.864. The molecule has 0 spiro atoms. The molecule has 0 radical (unpaired) electrons. The molecule has 3 aromatic rings. The molecule has 3 N–H and O–H groups in total. The molecule has 6 nitrogen and oxygen atoms in total. The van der Waals surface area contributed by atoms with Gasteiger partial charge < -0.3 is 25.5 Å². The average molecular weight is 431 g/mol. The van der Waals surface area contributed by atoms with Crippen molar-refractivity contribution in [1.82, 2.24) is 4.90 Å². The maximum Gasteiger partial charge on any atom is 0.255 e. The van der Waals surface area contributed by atoms with E-state index in [2.05, 4.69) is 46.7 Å². The zero-order valence-corrected chi connectivity index (χ0v) is 18.5. The lowest BCUT2D eigenvalue weighted by Crippen LogP contribution is -2.31. The largest absolute Gasteiger partial charge is 0.370 e. The van der Waals surface area contributed by atoms with Gasteiger partial charge in [-0.1, -0.05) is 30.3 Å². The van der Waals surface area contributed by atoms with Crippen LogP contribution in [0.1, 0.15) is 28.6 Å². The third kappa shape index (κ3) is 5.28. The summed E-state index contributed by atoms with van der Waals surface area (Å²) in [6.07, 6.45) is 0.308. The number of aliphatic hydroxyl groups is 1. The Labute approximate surface area is 189 Å². The van der Waals surface area contributed by atoms with Gasteiger partial charge in [-0.05, 0) is 69.0 Å². The van der Waals surface area contributed by atoms with Gasteiger partial charge in [-0.25, -0.2) is 0 Å². The number of aliphatic hydroxyl groups excluding tert-OH is 1. The van der Waals surface area contributed by atoms with Crippen molar-refractivity contribution in [3.05, 3.63) is 90.0 Å². The van der Waals surface area contributed by atoms with E-state index in [4.69, 9.17) is 0 Å². The van der Waals surface area contributed by atoms with Gasteiger partial charge in [0.2, 0.25) is 0 Å². The summed E-state index contributed by atoms with van der Waals surface area (Å²) in [5, 5.41) is 16.6. The van der Waals surface area contributed by atoms with Crippen LogP contribution in [0, 0.1) is 0 Å². The Balaban J connectivity index is 1.33. The maximum atomic E-state index is 12.4. The lowest BCUT2D eigenvalue weighted by Gasteiger charge is -2.22. The first kappa shape index (κ1) is 21.9. The molecule has 2 unspecified atom stereocenters. The van der Waals surface area contributed by atoms with Crippen LogP contribution >= 0.6 is 0 Å². The van der Waals surface area contributed by atoms with Crippen molar-refractivity contribution in [2.75, 3.05) is 42.7 Å². The van der Waals surface area contributed by atoms with Crippen LogP contribution in [0.15, 0.2) is 78.9 Å². The fraction of sp³-hybridized carbons (Fsp3) is 0.269. The maximum absolute atomic E-state index is 12.4. The number of nitrogens with one attached hydrogen (secondary N) is 2. The van der Waals surface area contributed by atoms with E-state index in [9.17, 15) is 9.90 Å². The summed E-state index contributed by atoms with van der Waals surface area (Å²) in [4.78, 5) is 17.1. The molecule has 1 aliphatic rings. The van der Waals surface area contributed by atoms with Crippen molar-refractivity contribution in [2.24, 2.45) is 0 Å². The van der Waals surface area contributed by atoms with E-state index in [1.807, 2.05) is 42.5 Å². The number of amides is 1. The van der Waals surface area contributed by atoms with Gasteiger partial charge in [0.05, 0.1) is 0 Å². The fourth-order valence-corrected chi connectivity index (χ4v) is 3.95. The Morgan fingerprint density at radius 2 is 1.66 bits per heavy atom. The van der Waals surface area contributed by atoms with E-state index in [0.717, 1.165) is 24.5 Å². The number of para-hydroxylation sites is 1. The van der Waals surface area contributed by atoms with Crippen LogP contribution in [0.25, 0.3) is 0 Å². The molecule has 1 aliphatic heterocycles. The standard InChI is InChI=1S/C26H30N4O2/c1-29(2)24-16-17-30(18-24)23-14-12-22(13-15-23)28-26(32)20-10-8-19(9-11-20)25(31)27-21-6-4-3-5-7-21/h3-15,24,26,28,32H,16-18H2,1-2H3,(H,27,31). The Morgan fingerprint density at radius 1 is 0.969 bits per heavy atom. The zero-order chi connectivity index (χ0) is 22.5. The van der Waals surface area contributed by atoms with Gasteiger partial charge in [-0.3, -0.25) is 4.79 Å². The Kier molecular flexibility index (Phi) is 6.73. The predicted molar refractivity (Wildman–Crippen MR) is 130 cm³/mol. The molecular weight excluding hydrogens is 400 g/mol. The van der Waals surface area contributed by atoms with Gasteiger partial charge in [0.15, 0.2) is 6.23 Å². The second-order valence-corrected chi connectivity index (χ2v) is 8.39. The molecule has 32 heavy (non-hydrogen) atoms. The first-order chi connectivity index (χ1) is 15.5. The summed E-state index contributed by atoms with van der Waals surface area (Å²) in [5.74, 6) is -0.181. The average Bonchev–Trinajstić information content (AvgIpc) is 3.31. The normalized spacial score (nSPS) is 16.8. The third-order valence-corrected chi connectivity index (χ3v) is 5.95. The number of carbonyl (C=O) groups is 1. The number of hydrogen-bond acceptors (Lipinski definition) is 5. The van der Waals surface area contributed by atoms with Crippen molar-refractivity contribution in [3.63, 3.8) is 0 Å². The zero-order valence-electron chi connectivity index (χ0n) is 18.5. The molecule has 0 bridgehead atoms. The quantitative estimate of drug-likeness (QED) is 0.491. The minimum absolute atomic E-state index is 0.181. The smallest absolute Gasteiger partial charge is 0.255 e. The Morgan fingerprint density at radius 3 is 2.28 bits per heavy atom. The molecule has 1 fully saturated rings. The van der Waals surface area contributed by atoms with Crippen LogP contribution < -0.4 is 15.5 Å². The van der Waals surface area contributed by atoms with Crippen LogP contribution in [0.4, 0.5) is 17.1 Å². The molecule has 2 atom stereocenters. The molecule has 4 rings (SSSR count). The van der Waals surface area contributed by atoms with Gasteiger partial charge in [0.1, 0.15) is 0 Å². The highest BCUT2D eigenvalue weighted by Gasteiger charge is 2.24. The molecule has 0 aromatic heterocycles. The molecule has 3 aromatic carbocycles. The summed E-state index contributed by atoms with van der Waals surface area (Å²) in [6.45, 7) is 2.09. The van der Waals surface area contributed by atoms with E-state index < -0.39 is 6.23 Å². The van der Waals surface area contributed by atoms with Gasteiger partial charge in [0.25, 0.3) is 5.91 Å². The highest BCUT2D eigenvalue weighted by Crippen LogP contribution is 2.25. The topological polar surface area (TPSA) is 67.8 Å². The van der Waals surface area contributed by atoms with Gasteiger partial charge >= 0.3 is 0 Å². The van der Waals surface area contributed by atoms with E-state index in [1.165, 1.54) is 12.1 Å². The number of likely N-dealkylation sites (N-methyl/N-ethyl adjacent to an activating group) is 1. The second-order valence-electron chi connectivity index (χ2n) is 8.39. The number of carbonyl (C=O) groups excluding carboxylic acids is 1. The summed E-state index contributed by atoms with van der Waals surface area (Å²) in [5.41, 5.74) is 4.02. The third-order valence-electron chi connectivity index (χ3n) is 5.95. The number of rotatable bonds is 7. The highest BCUT2D eigenvalue weighted by molar-refractivity contribution is 6.04. The molecule has 0 saturated carbocycles. The second kappa shape index (κ2) is 9.85. The van der Waals surface area contributed by atoms with Crippen LogP contribution in [0.2, 0.25) is 0 Å². The van der Waals surface area contributed by atoms with Crippen LogP contribution in [0.3, 0.4) is 0 Å².